The average Bonchev–Trinajstić information content (AvgIpc) is 3.16. The molecule has 2 aliphatic rings. The van der Waals surface area contributed by atoms with Gasteiger partial charge in [-0.15, -0.1) is 0 Å². The van der Waals surface area contributed by atoms with E-state index in [0.717, 1.165) is 41.3 Å². The third kappa shape index (κ3) is 5.18. The summed E-state index contributed by atoms with van der Waals surface area (Å²) in [5.41, 5.74) is 4.86. The fourth-order valence-corrected chi connectivity index (χ4v) is 3.24. The summed E-state index contributed by atoms with van der Waals surface area (Å²) in [5.74, 6) is 0.718. The second-order valence-electron chi connectivity index (χ2n) is 7.93. The van der Waals surface area contributed by atoms with Crippen LogP contribution in [0.1, 0.15) is 13.8 Å². The van der Waals surface area contributed by atoms with E-state index >= 15 is 0 Å². The molecule has 30 heavy (non-hydrogen) atoms. The summed E-state index contributed by atoms with van der Waals surface area (Å²) < 4.78 is 11.2. The Bertz CT molecular complexity index is 953. The van der Waals surface area contributed by atoms with Gasteiger partial charge in [-0.25, -0.2) is 4.99 Å². The quantitative estimate of drug-likeness (QED) is 0.426. The van der Waals surface area contributed by atoms with Crippen molar-refractivity contribution in [3.05, 3.63) is 42.2 Å². The van der Waals surface area contributed by atoms with Gasteiger partial charge >= 0.3 is 0 Å². The smallest absolute Gasteiger partial charge is 0.201 e. The molecule has 9 heteroatoms. The predicted molar refractivity (Wildman–Crippen MR) is 117 cm³/mol. The number of aromatic nitrogens is 1. The molecule has 3 heterocycles. The highest BCUT2D eigenvalue weighted by Crippen LogP contribution is 2.22. The number of hydrogen-bond donors (Lipinski definition) is 4. The van der Waals surface area contributed by atoms with Gasteiger partial charge in [-0.1, -0.05) is 18.2 Å². The molecular weight excluding hydrogens is 384 g/mol. The van der Waals surface area contributed by atoms with Crippen molar-refractivity contribution in [3.63, 3.8) is 0 Å². The van der Waals surface area contributed by atoms with Gasteiger partial charge in [-0.2, -0.15) is 5.10 Å². The standard InChI is InChI=1S/C21H28N6O3/c1-21(2,28)14-30-19-11-15(24-20(25-19)27-7-9-29-10-8-27)12-23-26-18-13-22-17-6-4-3-5-16(17)18/h3-6,11-13,19,22,26,28H,7-10,14H2,1-2H3,(H,24,25)/b23-12+. The molecule has 160 valence electrons. The van der Waals surface area contributed by atoms with Crippen molar-refractivity contribution in [2.45, 2.75) is 25.7 Å². The summed E-state index contributed by atoms with van der Waals surface area (Å²) in [6, 6.07) is 8.03. The number of rotatable bonds is 6. The minimum Gasteiger partial charge on any atom is -0.388 e. The average molecular weight is 412 g/mol. The number of anilines is 1. The highest BCUT2D eigenvalue weighted by molar-refractivity contribution is 5.94. The number of morpholine rings is 1. The molecule has 0 saturated carbocycles. The van der Waals surface area contributed by atoms with E-state index in [2.05, 4.69) is 30.7 Å². The Morgan fingerprint density at radius 1 is 1.37 bits per heavy atom. The van der Waals surface area contributed by atoms with Gasteiger partial charge < -0.3 is 29.8 Å². The molecule has 0 bridgehead atoms. The normalized spacial score (nSPS) is 20.2. The summed E-state index contributed by atoms with van der Waals surface area (Å²) in [4.78, 5) is 9.98. The van der Waals surface area contributed by atoms with Crippen LogP contribution in [-0.4, -0.2) is 71.9 Å². The van der Waals surface area contributed by atoms with Crippen molar-refractivity contribution in [1.29, 1.82) is 0 Å². The number of fused-ring (bicyclic) bond motifs is 1. The molecule has 1 atom stereocenters. The Kier molecular flexibility index (Phi) is 6.03. The number of H-pyrrole nitrogens is 1. The van der Waals surface area contributed by atoms with Crippen LogP contribution in [0.25, 0.3) is 10.9 Å². The lowest BCUT2D eigenvalue weighted by Gasteiger charge is -2.33. The summed E-state index contributed by atoms with van der Waals surface area (Å²) in [5, 5.41) is 18.7. The number of guanidine groups is 1. The maximum atomic E-state index is 9.99. The topological polar surface area (TPSA) is 106 Å². The molecule has 9 nitrogen and oxygen atoms in total. The Labute approximate surface area is 175 Å². The minimum atomic E-state index is -0.932. The SMILES string of the molecule is CC(C)(O)COC1C=C(/C=N/Nc2c[nH]c3ccccc23)NC(N2CCOCC2)=N1. The van der Waals surface area contributed by atoms with E-state index in [1.165, 1.54) is 0 Å². The van der Waals surface area contributed by atoms with Gasteiger partial charge in [0.15, 0.2) is 6.23 Å². The molecule has 1 fully saturated rings. The number of nitrogens with one attached hydrogen (secondary N) is 3. The lowest BCUT2D eigenvalue weighted by atomic mass is 10.2. The molecule has 0 spiro atoms. The molecule has 4 N–H and O–H groups in total. The third-order valence-corrected chi connectivity index (χ3v) is 4.72. The first-order chi connectivity index (χ1) is 14.5. The molecular formula is C21H28N6O3. The third-order valence-electron chi connectivity index (χ3n) is 4.72. The van der Waals surface area contributed by atoms with E-state index < -0.39 is 11.8 Å². The van der Waals surface area contributed by atoms with Crippen LogP contribution in [0, 0.1) is 0 Å². The van der Waals surface area contributed by atoms with Crippen molar-refractivity contribution in [3.8, 4) is 0 Å². The van der Waals surface area contributed by atoms with Crippen molar-refractivity contribution < 1.29 is 14.6 Å². The Balaban J connectivity index is 1.47. The Hall–Kier alpha value is -2.88. The van der Waals surface area contributed by atoms with Crippen LogP contribution in [0.4, 0.5) is 5.69 Å². The van der Waals surface area contributed by atoms with Crippen LogP contribution in [0.5, 0.6) is 0 Å². The second-order valence-corrected chi connectivity index (χ2v) is 7.93. The number of aliphatic imine (C=N–C) groups is 1. The number of aromatic amines is 1. The van der Waals surface area contributed by atoms with Crippen LogP contribution in [0.3, 0.4) is 0 Å². The van der Waals surface area contributed by atoms with Gasteiger partial charge in [0.25, 0.3) is 0 Å². The van der Waals surface area contributed by atoms with Gasteiger partial charge in [0, 0.05) is 30.2 Å². The van der Waals surface area contributed by atoms with Gasteiger partial charge in [-0.3, -0.25) is 5.43 Å². The zero-order valence-electron chi connectivity index (χ0n) is 17.3. The van der Waals surface area contributed by atoms with Gasteiger partial charge in [0.05, 0.1) is 43.0 Å². The zero-order valence-corrected chi connectivity index (χ0v) is 17.3. The molecule has 0 radical (unpaired) electrons. The zero-order chi connectivity index (χ0) is 21.0. The molecule has 4 rings (SSSR count). The number of benzene rings is 1. The Morgan fingerprint density at radius 2 is 2.17 bits per heavy atom. The first-order valence-corrected chi connectivity index (χ1v) is 10.1. The number of para-hydroxylation sites is 1. The van der Waals surface area contributed by atoms with Crippen molar-refractivity contribution >= 4 is 28.8 Å². The maximum Gasteiger partial charge on any atom is 0.201 e. The van der Waals surface area contributed by atoms with E-state index in [1.54, 1.807) is 20.1 Å². The number of aliphatic hydroxyl groups is 1. The lowest BCUT2D eigenvalue weighted by molar-refractivity contribution is -0.0384. The van der Waals surface area contributed by atoms with E-state index in [9.17, 15) is 5.11 Å². The van der Waals surface area contributed by atoms with Gasteiger partial charge in [-0.05, 0) is 26.0 Å². The number of allylic oxidation sites excluding steroid dienone is 1. The summed E-state index contributed by atoms with van der Waals surface area (Å²) in [7, 11) is 0. The molecule has 1 saturated heterocycles. The summed E-state index contributed by atoms with van der Waals surface area (Å²) in [6.45, 7) is 6.41. The molecule has 1 aromatic carbocycles. The van der Waals surface area contributed by atoms with E-state index in [1.807, 2.05) is 36.5 Å². The summed E-state index contributed by atoms with van der Waals surface area (Å²) in [6.07, 6.45) is 4.93. The number of nitrogens with zero attached hydrogens (tertiary/aromatic N) is 3. The first-order valence-electron chi connectivity index (χ1n) is 10.1. The second kappa shape index (κ2) is 8.86. The van der Waals surface area contributed by atoms with Gasteiger partial charge in [0.2, 0.25) is 5.96 Å². The van der Waals surface area contributed by atoms with Crippen LogP contribution >= 0.6 is 0 Å². The van der Waals surface area contributed by atoms with Crippen LogP contribution < -0.4 is 10.7 Å². The molecule has 1 unspecified atom stereocenters. The van der Waals surface area contributed by atoms with Crippen LogP contribution in [0.2, 0.25) is 0 Å². The number of hydrazone groups is 1. The minimum absolute atomic E-state index is 0.173. The highest BCUT2D eigenvalue weighted by Gasteiger charge is 2.23. The number of ether oxygens (including phenoxy) is 2. The molecule has 0 amide bonds. The monoisotopic (exact) mass is 412 g/mol. The van der Waals surface area contributed by atoms with Crippen LogP contribution in [0.15, 0.2) is 52.3 Å². The molecule has 2 aliphatic heterocycles. The maximum absolute atomic E-state index is 9.99. The fourth-order valence-electron chi connectivity index (χ4n) is 3.24. The largest absolute Gasteiger partial charge is 0.388 e. The van der Waals surface area contributed by atoms with Gasteiger partial charge in [0.1, 0.15) is 0 Å². The van der Waals surface area contributed by atoms with Crippen LogP contribution in [-0.2, 0) is 9.47 Å². The highest BCUT2D eigenvalue weighted by atomic mass is 16.5. The fraction of sp³-hybridized carbons (Fsp3) is 0.429. The van der Waals surface area contributed by atoms with Crippen molar-refractivity contribution in [1.82, 2.24) is 15.2 Å². The summed E-state index contributed by atoms with van der Waals surface area (Å²) >= 11 is 0. The van der Waals surface area contributed by atoms with E-state index in [-0.39, 0.29) is 6.61 Å². The van der Waals surface area contributed by atoms with Crippen molar-refractivity contribution in [2.24, 2.45) is 10.1 Å². The lowest BCUT2D eigenvalue weighted by Crippen LogP contribution is -2.49. The van der Waals surface area contributed by atoms with E-state index in [4.69, 9.17) is 9.47 Å². The molecule has 2 aromatic rings. The van der Waals surface area contributed by atoms with E-state index in [0.29, 0.717) is 13.2 Å². The Morgan fingerprint density at radius 3 is 2.97 bits per heavy atom. The molecule has 0 aliphatic carbocycles. The van der Waals surface area contributed by atoms with Crippen molar-refractivity contribution in [2.75, 3.05) is 38.3 Å². The number of hydrogen-bond acceptors (Lipinski definition) is 8. The predicted octanol–water partition coefficient (Wildman–Crippen LogP) is 1.85. The molecule has 1 aromatic heterocycles. The first kappa shape index (κ1) is 20.4.